The third-order valence-corrected chi connectivity index (χ3v) is 4.15. The number of benzene rings is 1. The molecule has 0 fully saturated rings. The Balaban J connectivity index is 2.25. The Bertz CT molecular complexity index is 612. The maximum atomic E-state index is 13.2. The van der Waals surface area contributed by atoms with E-state index >= 15 is 0 Å². The van der Waals surface area contributed by atoms with Gasteiger partial charge in [-0.3, -0.25) is 4.68 Å². The molecular weight excluding hydrogens is 333 g/mol. The van der Waals surface area contributed by atoms with E-state index in [1.165, 1.54) is 6.07 Å². The highest BCUT2D eigenvalue weighted by molar-refractivity contribution is 9.10. The first kappa shape index (κ1) is 14.5. The summed E-state index contributed by atoms with van der Waals surface area (Å²) in [5, 5.41) is 4.89. The van der Waals surface area contributed by atoms with Crippen LogP contribution in [0, 0.1) is 12.7 Å². The molecule has 2 N–H and O–H groups in total. The summed E-state index contributed by atoms with van der Waals surface area (Å²) in [4.78, 5) is 0. The number of hydrogen-bond donors (Lipinski definition) is 1. The van der Waals surface area contributed by atoms with Crippen LogP contribution in [0.2, 0.25) is 5.02 Å². The standard InChI is InChI=1S/C13H14BrClFN3/c1-7-13(15)12(19(2)18-7)6-11(17)8-3-4-10(16)9(14)5-8/h3-5,11H,6,17H2,1-2H3. The second-order valence-corrected chi connectivity index (χ2v) is 5.69. The molecular formula is C13H14BrClFN3. The van der Waals surface area contributed by atoms with Crippen molar-refractivity contribution in [1.29, 1.82) is 0 Å². The Kier molecular flexibility index (Phi) is 4.28. The predicted octanol–water partition coefficient (Wildman–Crippen LogP) is 3.53. The number of aromatic nitrogens is 2. The van der Waals surface area contributed by atoms with Crippen molar-refractivity contribution in [3.8, 4) is 0 Å². The lowest BCUT2D eigenvalue weighted by Crippen LogP contribution is -2.15. The van der Waals surface area contributed by atoms with Crippen LogP contribution in [0.3, 0.4) is 0 Å². The summed E-state index contributed by atoms with van der Waals surface area (Å²) < 4.78 is 15.3. The number of aryl methyl sites for hydroxylation is 2. The Morgan fingerprint density at radius 1 is 1.53 bits per heavy atom. The first-order valence-electron chi connectivity index (χ1n) is 5.78. The molecule has 0 aliphatic rings. The zero-order valence-corrected chi connectivity index (χ0v) is 13.0. The van der Waals surface area contributed by atoms with Crippen LogP contribution < -0.4 is 5.73 Å². The molecule has 6 heteroatoms. The van der Waals surface area contributed by atoms with E-state index in [0.29, 0.717) is 15.9 Å². The second kappa shape index (κ2) is 5.61. The van der Waals surface area contributed by atoms with Gasteiger partial charge in [-0.1, -0.05) is 17.7 Å². The van der Waals surface area contributed by atoms with Crippen molar-refractivity contribution in [3.05, 3.63) is 50.5 Å². The van der Waals surface area contributed by atoms with Crippen LogP contribution in [0.1, 0.15) is 23.0 Å². The fraction of sp³-hybridized carbons (Fsp3) is 0.308. The molecule has 2 aromatic rings. The highest BCUT2D eigenvalue weighted by atomic mass is 79.9. The third kappa shape index (κ3) is 2.99. The molecule has 0 radical (unpaired) electrons. The molecule has 102 valence electrons. The van der Waals surface area contributed by atoms with Gasteiger partial charge in [-0.05, 0) is 40.5 Å². The van der Waals surface area contributed by atoms with Crippen molar-refractivity contribution in [3.63, 3.8) is 0 Å². The predicted molar refractivity (Wildman–Crippen MR) is 77.7 cm³/mol. The SMILES string of the molecule is Cc1nn(C)c(CC(N)c2ccc(F)c(Br)c2)c1Cl. The van der Waals surface area contributed by atoms with Gasteiger partial charge in [0.2, 0.25) is 0 Å². The minimum atomic E-state index is -0.301. The van der Waals surface area contributed by atoms with Crippen molar-refractivity contribution in [2.75, 3.05) is 0 Å². The van der Waals surface area contributed by atoms with E-state index in [1.807, 2.05) is 14.0 Å². The number of halogens is 3. The number of nitrogens with two attached hydrogens (primary N) is 1. The van der Waals surface area contributed by atoms with Gasteiger partial charge in [0.15, 0.2) is 0 Å². The molecule has 1 aromatic carbocycles. The molecule has 1 aromatic heterocycles. The molecule has 3 nitrogen and oxygen atoms in total. The number of rotatable bonds is 3. The molecule has 1 atom stereocenters. The maximum Gasteiger partial charge on any atom is 0.137 e. The highest BCUT2D eigenvalue weighted by Crippen LogP contribution is 2.26. The lowest BCUT2D eigenvalue weighted by molar-refractivity contribution is 0.613. The molecule has 0 saturated heterocycles. The molecule has 0 saturated carbocycles. The number of nitrogens with zero attached hydrogens (tertiary/aromatic N) is 2. The van der Waals surface area contributed by atoms with Gasteiger partial charge in [0.05, 0.1) is 20.9 Å². The first-order valence-corrected chi connectivity index (χ1v) is 6.95. The van der Waals surface area contributed by atoms with Crippen molar-refractivity contribution >= 4 is 27.5 Å². The largest absolute Gasteiger partial charge is 0.324 e. The van der Waals surface area contributed by atoms with Crippen LogP contribution in [0.4, 0.5) is 4.39 Å². The zero-order valence-electron chi connectivity index (χ0n) is 10.6. The van der Waals surface area contributed by atoms with E-state index in [1.54, 1.807) is 16.8 Å². The fourth-order valence-electron chi connectivity index (χ4n) is 1.97. The summed E-state index contributed by atoms with van der Waals surface area (Å²) in [5.74, 6) is -0.301. The summed E-state index contributed by atoms with van der Waals surface area (Å²) in [6, 6.07) is 4.51. The Hall–Kier alpha value is -0.910. The monoisotopic (exact) mass is 345 g/mol. The summed E-state index contributed by atoms with van der Waals surface area (Å²) in [5.41, 5.74) is 8.67. The van der Waals surface area contributed by atoms with Crippen LogP contribution in [0.5, 0.6) is 0 Å². The van der Waals surface area contributed by atoms with E-state index in [0.717, 1.165) is 17.0 Å². The van der Waals surface area contributed by atoms with Gasteiger partial charge in [0.1, 0.15) is 5.82 Å². The molecule has 0 amide bonds. The Morgan fingerprint density at radius 3 is 2.74 bits per heavy atom. The number of hydrogen-bond acceptors (Lipinski definition) is 2. The molecule has 1 unspecified atom stereocenters. The lowest BCUT2D eigenvalue weighted by Gasteiger charge is -2.13. The van der Waals surface area contributed by atoms with Gasteiger partial charge in [-0.15, -0.1) is 0 Å². The van der Waals surface area contributed by atoms with E-state index in [-0.39, 0.29) is 11.9 Å². The zero-order chi connectivity index (χ0) is 14.2. The van der Waals surface area contributed by atoms with E-state index in [2.05, 4.69) is 21.0 Å². The van der Waals surface area contributed by atoms with Crippen LogP contribution in [-0.4, -0.2) is 9.78 Å². The fourth-order valence-corrected chi connectivity index (χ4v) is 2.60. The summed E-state index contributed by atoms with van der Waals surface area (Å²) in [7, 11) is 1.83. The van der Waals surface area contributed by atoms with Gasteiger partial charge < -0.3 is 5.73 Å². The van der Waals surface area contributed by atoms with Crippen LogP contribution in [-0.2, 0) is 13.5 Å². The molecule has 0 aliphatic carbocycles. The van der Waals surface area contributed by atoms with Gasteiger partial charge in [0, 0.05) is 19.5 Å². The summed E-state index contributed by atoms with van der Waals surface area (Å²) in [6.07, 6.45) is 0.550. The molecule has 19 heavy (non-hydrogen) atoms. The maximum absolute atomic E-state index is 13.2. The average molecular weight is 347 g/mol. The minimum Gasteiger partial charge on any atom is -0.324 e. The van der Waals surface area contributed by atoms with Crippen LogP contribution >= 0.6 is 27.5 Å². The van der Waals surface area contributed by atoms with E-state index in [4.69, 9.17) is 17.3 Å². The smallest absolute Gasteiger partial charge is 0.137 e. The second-order valence-electron chi connectivity index (χ2n) is 4.45. The van der Waals surface area contributed by atoms with Crippen LogP contribution in [0.15, 0.2) is 22.7 Å². The topological polar surface area (TPSA) is 43.8 Å². The summed E-state index contributed by atoms with van der Waals surface area (Å²) in [6.45, 7) is 1.85. The first-order chi connectivity index (χ1) is 8.90. The highest BCUT2D eigenvalue weighted by Gasteiger charge is 2.16. The van der Waals surface area contributed by atoms with Crippen molar-refractivity contribution in [2.24, 2.45) is 12.8 Å². The van der Waals surface area contributed by atoms with Gasteiger partial charge >= 0.3 is 0 Å². The molecule has 0 bridgehead atoms. The Labute approximate surface area is 124 Å². The Morgan fingerprint density at radius 2 is 2.21 bits per heavy atom. The van der Waals surface area contributed by atoms with Crippen molar-refractivity contribution in [2.45, 2.75) is 19.4 Å². The molecule has 0 aliphatic heterocycles. The minimum absolute atomic E-state index is 0.260. The van der Waals surface area contributed by atoms with E-state index in [9.17, 15) is 4.39 Å². The van der Waals surface area contributed by atoms with E-state index < -0.39 is 0 Å². The average Bonchev–Trinajstić information content (AvgIpc) is 2.59. The third-order valence-electron chi connectivity index (χ3n) is 3.05. The van der Waals surface area contributed by atoms with Gasteiger partial charge in [-0.25, -0.2) is 4.39 Å². The molecule has 2 rings (SSSR count). The summed E-state index contributed by atoms with van der Waals surface area (Å²) >= 11 is 9.35. The quantitative estimate of drug-likeness (QED) is 0.924. The van der Waals surface area contributed by atoms with Gasteiger partial charge in [-0.2, -0.15) is 5.10 Å². The lowest BCUT2D eigenvalue weighted by atomic mass is 10.0. The molecule has 1 heterocycles. The van der Waals surface area contributed by atoms with Crippen molar-refractivity contribution in [1.82, 2.24) is 9.78 Å². The normalized spacial score (nSPS) is 12.7. The van der Waals surface area contributed by atoms with Gasteiger partial charge in [0.25, 0.3) is 0 Å². The molecule has 0 spiro atoms. The van der Waals surface area contributed by atoms with Crippen molar-refractivity contribution < 1.29 is 4.39 Å². The van der Waals surface area contributed by atoms with Crippen LogP contribution in [0.25, 0.3) is 0 Å².